The molecule has 1 aromatic rings. The Morgan fingerprint density at radius 2 is 2.00 bits per heavy atom. The Hall–Kier alpha value is -3.34. The molecule has 2 atom stereocenters. The van der Waals surface area contributed by atoms with Crippen LogP contribution in [0.4, 0.5) is 0 Å². The Bertz CT molecular complexity index is 1270. The van der Waals surface area contributed by atoms with Crippen molar-refractivity contribution in [2.24, 2.45) is 0 Å². The zero-order valence-corrected chi connectivity index (χ0v) is 22.4. The smallest absolute Gasteiger partial charge is 0.149 e. The van der Waals surface area contributed by atoms with Crippen molar-refractivity contribution in [2.45, 2.75) is 50.8 Å². The van der Waals surface area contributed by atoms with Gasteiger partial charge < -0.3 is 24.0 Å². The van der Waals surface area contributed by atoms with Crippen molar-refractivity contribution in [3.63, 3.8) is 0 Å². The molecule has 1 aromatic carbocycles. The zero-order valence-electron chi connectivity index (χ0n) is 22.4. The van der Waals surface area contributed by atoms with Crippen LogP contribution in [0.5, 0.6) is 11.5 Å². The Labute approximate surface area is 220 Å². The van der Waals surface area contributed by atoms with Crippen molar-refractivity contribution in [3.05, 3.63) is 88.8 Å². The molecule has 37 heavy (non-hydrogen) atoms. The number of fused-ring (bicyclic) bond motifs is 4. The number of piperidine rings is 1. The molecule has 1 aliphatic carbocycles. The minimum absolute atomic E-state index is 0.0355. The second-order valence-electron chi connectivity index (χ2n) is 10.6. The Balaban J connectivity index is 1.27. The highest BCUT2D eigenvalue weighted by molar-refractivity contribution is 5.53. The van der Waals surface area contributed by atoms with Crippen LogP contribution in [-0.2, 0) is 11.3 Å². The Morgan fingerprint density at radius 1 is 1.19 bits per heavy atom. The van der Waals surface area contributed by atoms with E-state index in [1.54, 1.807) is 14.2 Å². The third-order valence-electron chi connectivity index (χ3n) is 8.67. The van der Waals surface area contributed by atoms with Crippen molar-refractivity contribution in [1.29, 1.82) is 0 Å². The van der Waals surface area contributed by atoms with Crippen molar-refractivity contribution in [3.8, 4) is 11.5 Å². The molecule has 0 N–H and O–H groups in total. The summed E-state index contributed by atoms with van der Waals surface area (Å²) >= 11 is 0. The second-order valence-corrected chi connectivity index (χ2v) is 10.6. The quantitative estimate of drug-likeness (QED) is 0.526. The minimum Gasteiger partial charge on any atom is -0.497 e. The fourth-order valence-electron chi connectivity index (χ4n) is 6.90. The van der Waals surface area contributed by atoms with E-state index in [-0.39, 0.29) is 17.6 Å². The summed E-state index contributed by atoms with van der Waals surface area (Å²) in [6, 6.07) is 4.16. The predicted molar refractivity (Wildman–Crippen MR) is 145 cm³/mol. The first-order chi connectivity index (χ1) is 18.0. The van der Waals surface area contributed by atoms with Gasteiger partial charge in [0.05, 0.1) is 26.3 Å². The average molecular weight is 500 g/mol. The van der Waals surface area contributed by atoms with Crippen molar-refractivity contribution in [1.82, 2.24) is 14.7 Å². The summed E-state index contributed by atoms with van der Waals surface area (Å²) in [6.45, 7) is 13.7. The number of methoxy groups -OCH3 is 2. The third-order valence-corrected chi connectivity index (χ3v) is 8.67. The van der Waals surface area contributed by atoms with Crippen molar-refractivity contribution in [2.75, 3.05) is 40.4 Å². The van der Waals surface area contributed by atoms with E-state index in [1.807, 2.05) is 18.2 Å². The summed E-state index contributed by atoms with van der Waals surface area (Å²) in [5.74, 6) is 4.10. The van der Waals surface area contributed by atoms with Gasteiger partial charge in [-0.2, -0.15) is 0 Å². The fraction of sp³-hybridized carbons (Fsp3) is 0.452. The minimum atomic E-state index is -0.0388. The van der Waals surface area contributed by atoms with E-state index < -0.39 is 0 Å². The van der Waals surface area contributed by atoms with E-state index in [2.05, 4.69) is 65.2 Å². The molecule has 1 unspecified atom stereocenters. The summed E-state index contributed by atoms with van der Waals surface area (Å²) in [6.07, 6.45) is 12.9. The van der Waals surface area contributed by atoms with Crippen LogP contribution in [-0.4, -0.2) is 66.7 Å². The number of rotatable bonds is 5. The third kappa shape index (κ3) is 3.82. The lowest BCUT2D eigenvalue weighted by atomic mass is 9.82. The molecule has 0 radical (unpaired) electrons. The molecule has 194 valence electrons. The van der Waals surface area contributed by atoms with Gasteiger partial charge in [0.2, 0.25) is 0 Å². The van der Waals surface area contributed by atoms with Gasteiger partial charge in [-0.1, -0.05) is 25.7 Å². The number of nitrogens with zero attached hydrogens (tertiary/aromatic N) is 3. The first kappa shape index (κ1) is 24.0. The first-order valence-electron chi connectivity index (χ1n) is 13.4. The number of allylic oxidation sites excluding steroid dienone is 2. The monoisotopic (exact) mass is 499 g/mol. The molecular formula is C31H37N3O3. The van der Waals surface area contributed by atoms with Gasteiger partial charge in [-0.3, -0.25) is 4.90 Å². The van der Waals surface area contributed by atoms with Gasteiger partial charge in [0.25, 0.3) is 0 Å². The zero-order chi connectivity index (χ0) is 25.7. The lowest BCUT2D eigenvalue weighted by Gasteiger charge is -2.45. The number of likely N-dealkylation sites (N-methyl/N-ethyl adjacent to an activating group) is 1. The van der Waals surface area contributed by atoms with E-state index in [4.69, 9.17) is 14.2 Å². The van der Waals surface area contributed by atoms with E-state index in [9.17, 15) is 0 Å². The maximum absolute atomic E-state index is 6.18. The van der Waals surface area contributed by atoms with Crippen molar-refractivity contribution >= 4 is 0 Å². The lowest BCUT2D eigenvalue weighted by Crippen LogP contribution is -2.52. The van der Waals surface area contributed by atoms with Gasteiger partial charge in [0.1, 0.15) is 29.2 Å². The molecule has 4 aliphatic heterocycles. The molecule has 2 fully saturated rings. The summed E-state index contributed by atoms with van der Waals surface area (Å²) in [7, 11) is 3.46. The van der Waals surface area contributed by atoms with Crippen LogP contribution < -0.4 is 9.47 Å². The van der Waals surface area contributed by atoms with E-state index in [0.717, 1.165) is 74.2 Å². The molecule has 0 aromatic heterocycles. The van der Waals surface area contributed by atoms with Crippen molar-refractivity contribution < 1.29 is 14.2 Å². The number of hydrogen-bond donors (Lipinski definition) is 0. The molecule has 0 saturated carbocycles. The molecule has 1 spiro atoms. The van der Waals surface area contributed by atoms with E-state index in [1.165, 1.54) is 16.8 Å². The largest absolute Gasteiger partial charge is 0.497 e. The summed E-state index contributed by atoms with van der Waals surface area (Å²) in [4.78, 5) is 7.52. The summed E-state index contributed by atoms with van der Waals surface area (Å²) in [5.41, 5.74) is 8.29. The molecule has 6 heteroatoms. The van der Waals surface area contributed by atoms with Gasteiger partial charge in [-0.15, -0.1) is 5.73 Å². The molecule has 6 nitrogen and oxygen atoms in total. The van der Waals surface area contributed by atoms with Gasteiger partial charge >= 0.3 is 0 Å². The number of benzene rings is 1. The van der Waals surface area contributed by atoms with E-state index >= 15 is 0 Å². The van der Waals surface area contributed by atoms with Crippen LogP contribution in [0.1, 0.15) is 43.7 Å². The Morgan fingerprint density at radius 3 is 2.70 bits per heavy atom. The van der Waals surface area contributed by atoms with Gasteiger partial charge in [0, 0.05) is 55.0 Å². The highest BCUT2D eigenvalue weighted by atomic mass is 16.5. The number of likely N-dealkylation sites (tertiary alicyclic amines) is 1. The van der Waals surface area contributed by atoms with Crippen LogP contribution in [0.3, 0.4) is 0 Å². The van der Waals surface area contributed by atoms with Crippen LogP contribution in [0.15, 0.2) is 77.7 Å². The number of ether oxygens (including phenoxy) is 3. The predicted octanol–water partition coefficient (Wildman–Crippen LogP) is 5.08. The topological polar surface area (TPSA) is 37.4 Å². The molecule has 4 heterocycles. The van der Waals surface area contributed by atoms with Crippen LogP contribution >= 0.6 is 0 Å². The molecule has 0 amide bonds. The maximum Gasteiger partial charge on any atom is 0.149 e. The number of hydrogen-bond acceptors (Lipinski definition) is 6. The van der Waals surface area contributed by atoms with E-state index in [0.29, 0.717) is 0 Å². The van der Waals surface area contributed by atoms with Crippen LogP contribution in [0.2, 0.25) is 0 Å². The Kier molecular flexibility index (Phi) is 5.97. The highest BCUT2D eigenvalue weighted by Gasteiger charge is 2.52. The normalized spacial score (nSPS) is 25.6. The molecule has 0 bridgehead atoms. The van der Waals surface area contributed by atoms with Crippen LogP contribution in [0.25, 0.3) is 0 Å². The van der Waals surface area contributed by atoms with Gasteiger partial charge in [0.15, 0.2) is 0 Å². The summed E-state index contributed by atoms with van der Waals surface area (Å²) in [5, 5.41) is 0. The fourth-order valence-corrected chi connectivity index (χ4v) is 6.90. The molecular weight excluding hydrogens is 462 g/mol. The average Bonchev–Trinajstić information content (AvgIpc) is 3.35. The molecule has 6 rings (SSSR count). The highest BCUT2D eigenvalue weighted by Crippen LogP contribution is 2.51. The second kappa shape index (κ2) is 9.20. The molecule has 5 aliphatic rings. The van der Waals surface area contributed by atoms with Gasteiger partial charge in [-0.05, 0) is 49.6 Å². The SMILES string of the molecule is C=C1N2Cc3cc(OC)cc(OC)c3[C@@H](C)C=C2C2(CCN(CC3=CC4=C=CC=CC4O3)CC2)N1CC. The van der Waals surface area contributed by atoms with Crippen LogP contribution in [0, 0.1) is 0 Å². The lowest BCUT2D eigenvalue weighted by molar-refractivity contribution is 0.0841. The summed E-state index contributed by atoms with van der Waals surface area (Å²) < 4.78 is 17.6. The first-order valence-corrected chi connectivity index (χ1v) is 13.4. The standard InChI is InChI=1S/C31H37N3O3/c1-6-34-22(3)33-19-24-17-25(35-4)18-28(36-5)30(24)21(2)15-29(33)31(34)11-13-32(14-12-31)20-26-16-23-9-7-8-10-27(23)37-26/h7-8,10,15-18,21,27H,3,6,11-14,19-20H2,1-2,4-5H3/t21-,27?/m0/s1. The molecule has 2 saturated heterocycles. The maximum atomic E-state index is 6.18. The van der Waals surface area contributed by atoms with Gasteiger partial charge in [-0.25, -0.2) is 0 Å².